The van der Waals surface area contributed by atoms with Crippen LogP contribution in [0.5, 0.6) is 0 Å². The zero-order chi connectivity index (χ0) is 18.0. The number of unbranched alkanes of at least 4 members (excludes halogenated alkanes) is 6. The SMILES string of the molecule is CCCCCCCCCn1c(C=Cc2ccccc2)nc2ccccc21. The summed E-state index contributed by atoms with van der Waals surface area (Å²) in [6.07, 6.45) is 13.6. The van der Waals surface area contributed by atoms with Crippen LogP contribution >= 0.6 is 0 Å². The van der Waals surface area contributed by atoms with Gasteiger partial charge in [0.1, 0.15) is 5.82 Å². The van der Waals surface area contributed by atoms with E-state index in [4.69, 9.17) is 4.98 Å². The lowest BCUT2D eigenvalue weighted by molar-refractivity contribution is 0.554. The Hall–Kier alpha value is -2.35. The summed E-state index contributed by atoms with van der Waals surface area (Å²) in [5.74, 6) is 1.06. The van der Waals surface area contributed by atoms with E-state index in [0.717, 1.165) is 17.9 Å². The van der Waals surface area contributed by atoms with E-state index in [0.29, 0.717) is 0 Å². The third-order valence-electron chi connectivity index (χ3n) is 4.89. The molecule has 0 amide bonds. The number of hydrogen-bond acceptors (Lipinski definition) is 1. The highest BCUT2D eigenvalue weighted by Crippen LogP contribution is 2.19. The van der Waals surface area contributed by atoms with Gasteiger partial charge in [-0.1, -0.05) is 94.0 Å². The van der Waals surface area contributed by atoms with Crippen molar-refractivity contribution in [1.82, 2.24) is 9.55 Å². The van der Waals surface area contributed by atoms with Gasteiger partial charge in [0.25, 0.3) is 0 Å². The van der Waals surface area contributed by atoms with Gasteiger partial charge in [0.05, 0.1) is 11.0 Å². The molecule has 0 fully saturated rings. The van der Waals surface area contributed by atoms with Crippen molar-refractivity contribution in [2.45, 2.75) is 58.4 Å². The molecule has 2 heteroatoms. The Morgan fingerprint density at radius 1 is 0.769 bits per heavy atom. The van der Waals surface area contributed by atoms with Crippen molar-refractivity contribution in [3.05, 3.63) is 66.0 Å². The molecule has 0 radical (unpaired) electrons. The minimum atomic E-state index is 1.04. The number of rotatable bonds is 10. The molecule has 2 aromatic carbocycles. The van der Waals surface area contributed by atoms with Gasteiger partial charge in [-0.25, -0.2) is 4.98 Å². The average molecular weight is 347 g/mol. The fourth-order valence-electron chi connectivity index (χ4n) is 3.42. The maximum Gasteiger partial charge on any atom is 0.133 e. The molecule has 0 N–H and O–H groups in total. The van der Waals surface area contributed by atoms with Gasteiger partial charge in [-0.05, 0) is 30.2 Å². The second-order valence-electron chi connectivity index (χ2n) is 6.98. The van der Waals surface area contributed by atoms with Crippen LogP contribution in [0.3, 0.4) is 0 Å². The van der Waals surface area contributed by atoms with Gasteiger partial charge >= 0.3 is 0 Å². The molecule has 1 aromatic heterocycles. The average Bonchev–Trinajstić information content (AvgIpc) is 3.04. The van der Waals surface area contributed by atoms with Crippen molar-refractivity contribution < 1.29 is 0 Å². The van der Waals surface area contributed by atoms with Crippen molar-refractivity contribution in [3.8, 4) is 0 Å². The Labute approximate surface area is 157 Å². The van der Waals surface area contributed by atoms with E-state index in [9.17, 15) is 0 Å². The van der Waals surface area contributed by atoms with Crippen molar-refractivity contribution in [3.63, 3.8) is 0 Å². The third-order valence-corrected chi connectivity index (χ3v) is 4.89. The number of imidazole rings is 1. The maximum atomic E-state index is 4.84. The van der Waals surface area contributed by atoms with Gasteiger partial charge < -0.3 is 4.57 Å². The molecule has 0 aliphatic carbocycles. The summed E-state index contributed by atoms with van der Waals surface area (Å²) in [5.41, 5.74) is 3.54. The fourth-order valence-corrected chi connectivity index (χ4v) is 3.42. The van der Waals surface area contributed by atoms with Crippen LogP contribution in [-0.4, -0.2) is 9.55 Å². The molecule has 3 rings (SSSR count). The first-order valence-corrected chi connectivity index (χ1v) is 10.1. The fraction of sp³-hybridized carbons (Fsp3) is 0.375. The number of aryl methyl sites for hydroxylation is 1. The lowest BCUT2D eigenvalue weighted by Gasteiger charge is -2.07. The first-order valence-electron chi connectivity index (χ1n) is 10.1. The van der Waals surface area contributed by atoms with Crippen LogP contribution in [0.2, 0.25) is 0 Å². The molecule has 0 bridgehead atoms. The highest BCUT2D eigenvalue weighted by atomic mass is 15.1. The highest BCUT2D eigenvalue weighted by Gasteiger charge is 2.07. The second kappa shape index (κ2) is 9.96. The largest absolute Gasteiger partial charge is 0.324 e. The number of fused-ring (bicyclic) bond motifs is 1. The summed E-state index contributed by atoms with van der Waals surface area (Å²) in [5, 5.41) is 0. The predicted molar refractivity (Wildman–Crippen MR) is 113 cm³/mol. The molecule has 1 heterocycles. The lowest BCUT2D eigenvalue weighted by Crippen LogP contribution is -2.00. The quantitative estimate of drug-likeness (QED) is 0.363. The standard InChI is InChI=1S/C24H30N2/c1-2-3-4-5-6-7-13-20-26-23-17-12-11-16-22(23)25-24(26)19-18-21-14-9-8-10-15-21/h8-12,14-19H,2-7,13,20H2,1H3. The van der Waals surface area contributed by atoms with Crippen molar-refractivity contribution >= 4 is 23.2 Å². The third kappa shape index (κ3) is 5.08. The predicted octanol–water partition coefficient (Wildman–Crippen LogP) is 6.96. The summed E-state index contributed by atoms with van der Waals surface area (Å²) in [4.78, 5) is 4.84. The van der Waals surface area contributed by atoms with Gasteiger partial charge in [0.15, 0.2) is 0 Å². The minimum Gasteiger partial charge on any atom is -0.324 e. The van der Waals surface area contributed by atoms with E-state index in [1.807, 2.05) is 6.07 Å². The number of para-hydroxylation sites is 2. The van der Waals surface area contributed by atoms with Gasteiger partial charge in [-0.2, -0.15) is 0 Å². The first kappa shape index (κ1) is 18.4. The van der Waals surface area contributed by atoms with Crippen LogP contribution in [0.4, 0.5) is 0 Å². The van der Waals surface area contributed by atoms with E-state index in [1.165, 1.54) is 56.0 Å². The molecule has 3 aromatic rings. The Bertz CT molecular complexity index is 815. The number of hydrogen-bond donors (Lipinski definition) is 0. The molecular formula is C24H30N2. The summed E-state index contributed by atoms with van der Waals surface area (Å²) in [6.45, 7) is 3.32. The van der Waals surface area contributed by atoms with E-state index in [-0.39, 0.29) is 0 Å². The van der Waals surface area contributed by atoms with E-state index in [2.05, 4.69) is 72.2 Å². The van der Waals surface area contributed by atoms with Crippen molar-refractivity contribution in [2.75, 3.05) is 0 Å². The zero-order valence-corrected chi connectivity index (χ0v) is 15.9. The van der Waals surface area contributed by atoms with Crippen LogP contribution in [0, 0.1) is 0 Å². The molecule has 0 atom stereocenters. The van der Waals surface area contributed by atoms with Crippen LogP contribution < -0.4 is 0 Å². The molecule has 26 heavy (non-hydrogen) atoms. The molecule has 0 saturated heterocycles. The topological polar surface area (TPSA) is 17.8 Å². The van der Waals surface area contributed by atoms with Crippen LogP contribution in [-0.2, 0) is 6.54 Å². The molecule has 0 aliphatic rings. The van der Waals surface area contributed by atoms with E-state index in [1.54, 1.807) is 0 Å². The maximum absolute atomic E-state index is 4.84. The Balaban J connectivity index is 1.68. The molecule has 2 nitrogen and oxygen atoms in total. The lowest BCUT2D eigenvalue weighted by atomic mass is 10.1. The van der Waals surface area contributed by atoms with Gasteiger partial charge in [0.2, 0.25) is 0 Å². The smallest absolute Gasteiger partial charge is 0.133 e. The molecule has 0 unspecified atom stereocenters. The summed E-state index contributed by atoms with van der Waals surface area (Å²) >= 11 is 0. The second-order valence-corrected chi connectivity index (χ2v) is 6.98. The molecule has 0 spiro atoms. The number of aromatic nitrogens is 2. The summed E-state index contributed by atoms with van der Waals surface area (Å²) < 4.78 is 2.38. The van der Waals surface area contributed by atoms with Crippen LogP contribution in [0.15, 0.2) is 54.6 Å². The van der Waals surface area contributed by atoms with E-state index >= 15 is 0 Å². The summed E-state index contributed by atoms with van der Waals surface area (Å²) in [7, 11) is 0. The van der Waals surface area contributed by atoms with Gasteiger partial charge in [-0.15, -0.1) is 0 Å². The molecule has 136 valence electrons. The highest BCUT2D eigenvalue weighted by molar-refractivity contribution is 5.79. The van der Waals surface area contributed by atoms with E-state index < -0.39 is 0 Å². The molecular weight excluding hydrogens is 316 g/mol. The monoisotopic (exact) mass is 346 g/mol. The van der Waals surface area contributed by atoms with Gasteiger partial charge in [0, 0.05) is 6.54 Å². The normalized spacial score (nSPS) is 11.6. The number of nitrogens with zero attached hydrogens (tertiary/aromatic N) is 2. The zero-order valence-electron chi connectivity index (χ0n) is 15.9. The minimum absolute atomic E-state index is 1.04. The van der Waals surface area contributed by atoms with Crippen LogP contribution in [0.1, 0.15) is 63.3 Å². The number of benzene rings is 2. The van der Waals surface area contributed by atoms with Crippen molar-refractivity contribution in [1.29, 1.82) is 0 Å². The first-order chi connectivity index (χ1) is 12.9. The molecule has 0 aliphatic heterocycles. The Morgan fingerprint density at radius 2 is 1.46 bits per heavy atom. The summed E-state index contributed by atoms with van der Waals surface area (Å²) in [6, 6.07) is 18.9. The van der Waals surface area contributed by atoms with Crippen LogP contribution in [0.25, 0.3) is 23.2 Å². The molecule has 0 saturated carbocycles. The Morgan fingerprint density at radius 3 is 2.27 bits per heavy atom. The van der Waals surface area contributed by atoms with Gasteiger partial charge in [-0.3, -0.25) is 0 Å². The van der Waals surface area contributed by atoms with Crippen molar-refractivity contribution in [2.24, 2.45) is 0 Å². The Kier molecular flexibility index (Phi) is 7.06.